The number of carbonyl (C=O) groups excluding carboxylic acids is 3. The van der Waals surface area contributed by atoms with E-state index in [2.05, 4.69) is 0 Å². The fourth-order valence-corrected chi connectivity index (χ4v) is 7.59. The summed E-state index contributed by atoms with van der Waals surface area (Å²) in [5, 5.41) is -1.02. The van der Waals surface area contributed by atoms with Gasteiger partial charge < -0.3 is 14.1 Å². The largest absolute Gasteiger partial charge is 0.458 e. The van der Waals surface area contributed by atoms with Crippen LogP contribution in [0, 0.1) is 5.41 Å². The third-order valence-electron chi connectivity index (χ3n) is 6.82. The summed E-state index contributed by atoms with van der Waals surface area (Å²) >= 11 is 7.47. The predicted octanol–water partition coefficient (Wildman–Crippen LogP) is 4.42. The molecule has 1 aliphatic heterocycles. The maximum absolute atomic E-state index is 14.2. The van der Waals surface area contributed by atoms with Crippen molar-refractivity contribution in [3.8, 4) is 0 Å². The Morgan fingerprint density at radius 2 is 1.41 bits per heavy atom. The molecule has 0 aliphatic carbocycles. The van der Waals surface area contributed by atoms with Crippen molar-refractivity contribution in [2.45, 2.75) is 49.8 Å². The fraction of sp³-hybridized carbons (Fsp3) is 0.300. The van der Waals surface area contributed by atoms with Crippen molar-refractivity contribution in [3.05, 3.63) is 108 Å². The third kappa shape index (κ3) is 5.84. The van der Waals surface area contributed by atoms with E-state index in [1.807, 2.05) is 112 Å². The molecule has 1 saturated heterocycles. The van der Waals surface area contributed by atoms with Crippen molar-refractivity contribution < 1.29 is 23.5 Å². The Hall–Kier alpha value is -2.91. The lowest BCUT2D eigenvalue weighted by Crippen LogP contribution is -2.71. The molecule has 4 rings (SSSR count). The molecule has 204 valence electrons. The Morgan fingerprint density at radius 1 is 0.923 bits per heavy atom. The molecule has 3 atom stereocenters. The number of thioether (sulfide) groups is 1. The summed E-state index contributed by atoms with van der Waals surface area (Å²) in [6.45, 7) is 5.92. The summed E-state index contributed by atoms with van der Waals surface area (Å²) in [5.74, 6) is -1.09. The molecule has 1 aliphatic rings. The molecule has 0 N–H and O–H groups in total. The van der Waals surface area contributed by atoms with Crippen LogP contribution in [0.15, 0.2) is 91.0 Å². The number of amides is 1. The van der Waals surface area contributed by atoms with E-state index in [-0.39, 0.29) is 28.1 Å². The minimum absolute atomic E-state index is 0.0518. The number of benzene rings is 3. The third-order valence-corrected chi connectivity index (χ3v) is 9.04. The van der Waals surface area contributed by atoms with Crippen LogP contribution in [0.1, 0.15) is 37.5 Å². The van der Waals surface area contributed by atoms with Crippen molar-refractivity contribution in [1.82, 2.24) is 4.90 Å². The minimum Gasteiger partial charge on any atom is -0.458 e. The highest BCUT2D eigenvalue weighted by molar-refractivity contribution is 8.15. The highest BCUT2D eigenvalue weighted by Gasteiger charge is 2.59. The smallest absolute Gasteiger partial charge is 0.344 e. The second-order valence-corrected chi connectivity index (χ2v) is 12.4. The molecule has 3 unspecified atom stereocenters. The number of β-lactam (4-membered cyclic amide) rings is 1. The quantitative estimate of drug-likeness (QED) is 0.122. The number of nitrogens with zero attached hydrogens (tertiary/aromatic N) is 1. The summed E-state index contributed by atoms with van der Waals surface area (Å²) in [4.78, 5) is 41.8. The molecule has 1 heterocycles. The molecule has 39 heavy (non-hydrogen) atoms. The zero-order valence-corrected chi connectivity index (χ0v) is 25.9. The minimum atomic E-state index is -1.36. The Labute approximate surface area is 241 Å². The van der Waals surface area contributed by atoms with Crippen LogP contribution in [-0.4, -0.2) is 49.2 Å². The van der Waals surface area contributed by atoms with Gasteiger partial charge in [0.1, 0.15) is 22.3 Å². The summed E-state index contributed by atoms with van der Waals surface area (Å²) in [6.07, 6.45) is 0. The van der Waals surface area contributed by atoms with Gasteiger partial charge in [-0.1, -0.05) is 135 Å². The van der Waals surface area contributed by atoms with Gasteiger partial charge in [0.25, 0.3) is 0 Å². The summed E-state index contributed by atoms with van der Waals surface area (Å²) < 4.78 is 11.5. The number of ether oxygens (including phenoxy) is 1. The van der Waals surface area contributed by atoms with Gasteiger partial charge in [-0.25, -0.2) is 4.79 Å². The van der Waals surface area contributed by atoms with Gasteiger partial charge in [0.05, 0.1) is 6.04 Å². The highest BCUT2D eigenvalue weighted by Crippen LogP contribution is 2.47. The molecule has 1 amide bonds. The second kappa shape index (κ2) is 12.1. The highest BCUT2D eigenvalue weighted by atomic mass is 35.5. The molecule has 6 nitrogen and oxygen atoms in total. The van der Waals surface area contributed by atoms with E-state index >= 15 is 0 Å². The van der Waals surface area contributed by atoms with Gasteiger partial charge in [-0.15, -0.1) is 0 Å². The first-order chi connectivity index (χ1) is 18.6. The maximum atomic E-state index is 14.2. The lowest BCUT2D eigenvalue weighted by Gasteiger charge is -2.54. The number of alkyl halides is 1. The topological polar surface area (TPSA) is 72.9 Å². The van der Waals surface area contributed by atoms with Crippen molar-refractivity contribution in [2.24, 2.45) is 5.41 Å². The Kier molecular flexibility index (Phi) is 9.01. The van der Waals surface area contributed by atoms with E-state index in [9.17, 15) is 14.4 Å². The van der Waals surface area contributed by atoms with Gasteiger partial charge in [-0.2, -0.15) is 0 Å². The first-order valence-corrected chi connectivity index (χ1v) is 14.8. The van der Waals surface area contributed by atoms with Crippen LogP contribution < -0.4 is 0 Å². The van der Waals surface area contributed by atoms with E-state index in [4.69, 9.17) is 20.8 Å². The van der Waals surface area contributed by atoms with Crippen LogP contribution in [-0.2, 0) is 35.8 Å². The zero-order valence-electron chi connectivity index (χ0n) is 22.4. The van der Waals surface area contributed by atoms with Gasteiger partial charge in [0.2, 0.25) is 16.5 Å². The van der Waals surface area contributed by atoms with Crippen LogP contribution >= 0.6 is 23.4 Å². The van der Waals surface area contributed by atoms with Gasteiger partial charge >= 0.3 is 5.97 Å². The van der Waals surface area contributed by atoms with Crippen LogP contribution in [0.4, 0.5) is 0 Å². The maximum Gasteiger partial charge on any atom is 0.344 e. The molecular formula is C30H32ClNO5SSi. The number of hydrogen-bond donors (Lipinski definition) is 0. The van der Waals surface area contributed by atoms with Crippen LogP contribution in [0.2, 0.25) is 0 Å². The number of esters is 1. The van der Waals surface area contributed by atoms with Gasteiger partial charge in [0, 0.05) is 0 Å². The molecule has 0 spiro atoms. The summed E-state index contributed by atoms with van der Waals surface area (Å²) in [7, 11) is 0.282. The van der Waals surface area contributed by atoms with Crippen molar-refractivity contribution in [1.29, 1.82) is 0 Å². The lowest BCUT2D eigenvalue weighted by atomic mass is 9.78. The first-order valence-electron chi connectivity index (χ1n) is 12.7. The summed E-state index contributed by atoms with van der Waals surface area (Å²) in [6, 6.07) is 27.4. The monoisotopic (exact) mass is 581 g/mol. The zero-order chi connectivity index (χ0) is 28.2. The van der Waals surface area contributed by atoms with E-state index < -0.39 is 33.8 Å². The normalized spacial score (nSPS) is 18.4. The van der Waals surface area contributed by atoms with Gasteiger partial charge in [0.15, 0.2) is 5.60 Å². The molecule has 9 heteroatoms. The predicted molar refractivity (Wildman–Crippen MR) is 157 cm³/mol. The fourth-order valence-electron chi connectivity index (χ4n) is 4.90. The van der Waals surface area contributed by atoms with E-state index in [1.165, 1.54) is 4.90 Å². The van der Waals surface area contributed by atoms with E-state index in [1.54, 1.807) is 0 Å². The molecule has 0 aromatic heterocycles. The Bertz CT molecular complexity index is 1260. The molecule has 0 bridgehead atoms. The van der Waals surface area contributed by atoms with Crippen LogP contribution in [0.5, 0.6) is 0 Å². The standard InChI is InChI=1S/C30H32ClNO5SSi/c1-29(2,3)24-23(26(33)32(24)25(31)27(34)36-19-20-13-7-4-8-14-20)38-28(35)30(37-39,21-15-9-5-10-16-21)22-17-11-6-12-18-22/h4-18,23-25H,19H2,1-3,39H3. The first kappa shape index (κ1) is 29.1. The molecule has 3 aromatic rings. The van der Waals surface area contributed by atoms with E-state index in [0.29, 0.717) is 11.1 Å². The molecule has 0 radical (unpaired) electrons. The number of carbonyl (C=O) groups is 3. The number of likely N-dealkylation sites (tertiary alicyclic amines) is 1. The second-order valence-electron chi connectivity index (χ2n) is 10.4. The average Bonchev–Trinajstić information content (AvgIpc) is 2.94. The molecular weight excluding hydrogens is 550 g/mol. The Balaban J connectivity index is 1.58. The van der Waals surface area contributed by atoms with Gasteiger partial charge in [-0.3, -0.25) is 9.59 Å². The van der Waals surface area contributed by atoms with Crippen molar-refractivity contribution >= 4 is 50.8 Å². The molecule has 1 fully saturated rings. The van der Waals surface area contributed by atoms with Crippen molar-refractivity contribution in [3.63, 3.8) is 0 Å². The molecule has 0 saturated carbocycles. The van der Waals surface area contributed by atoms with Crippen molar-refractivity contribution in [2.75, 3.05) is 0 Å². The van der Waals surface area contributed by atoms with Crippen LogP contribution in [0.3, 0.4) is 0 Å². The van der Waals surface area contributed by atoms with E-state index in [0.717, 1.165) is 17.3 Å². The van der Waals surface area contributed by atoms with Gasteiger partial charge in [-0.05, 0) is 22.1 Å². The Morgan fingerprint density at radius 3 is 1.87 bits per heavy atom. The lowest BCUT2D eigenvalue weighted by molar-refractivity contribution is -0.164. The summed E-state index contributed by atoms with van der Waals surface area (Å²) in [5.41, 5.74) is -0.934. The van der Waals surface area contributed by atoms with Crippen LogP contribution in [0.25, 0.3) is 0 Å². The number of rotatable bonds is 9. The number of hydrogen-bond acceptors (Lipinski definition) is 6. The SMILES string of the molecule is CC(C)(C)C1C(SC(=O)C(O[SiH3])(c2ccccc2)c2ccccc2)C(=O)N1C(Cl)C(=O)OCc1ccccc1. The number of halogens is 1. The average molecular weight is 582 g/mol. The molecule has 3 aromatic carbocycles.